The summed E-state index contributed by atoms with van der Waals surface area (Å²) in [6.07, 6.45) is 6.33. The predicted octanol–water partition coefficient (Wildman–Crippen LogP) is 1.51. The van der Waals surface area contributed by atoms with E-state index in [1.165, 1.54) is 11.1 Å². The van der Waals surface area contributed by atoms with Crippen molar-refractivity contribution in [3.8, 4) is 0 Å². The Hall–Kier alpha value is -3.00. The first-order valence-corrected chi connectivity index (χ1v) is 8.96. The van der Waals surface area contributed by atoms with Crippen molar-refractivity contribution in [1.29, 1.82) is 0 Å². The molecule has 2 amide bonds. The molecule has 0 aromatic heterocycles. The average molecular weight is 370 g/mol. The molecule has 1 aromatic rings. The van der Waals surface area contributed by atoms with Crippen LogP contribution < -0.4 is 10.9 Å². The standard InChI is InChI=1S/C19H22N4O4/c1-23-16(19(26)27-22-23)12-15(18(25)20-14-10-6-3-7-11-14)21-17(24)13-8-4-2-5-9-13/h2,4-5,8-9,12,14,22H,3,6-7,10-11H2,1H3,(H,20,25)/b16-12+,21-15?. The first kappa shape index (κ1) is 18.8. The lowest BCUT2D eigenvalue weighted by molar-refractivity contribution is -0.142. The van der Waals surface area contributed by atoms with Gasteiger partial charge >= 0.3 is 5.97 Å². The van der Waals surface area contributed by atoms with Crippen LogP contribution in [0.3, 0.4) is 0 Å². The van der Waals surface area contributed by atoms with Crippen LogP contribution in [0.15, 0.2) is 47.1 Å². The quantitative estimate of drug-likeness (QED) is 0.616. The fourth-order valence-corrected chi connectivity index (χ4v) is 3.04. The third-order valence-electron chi connectivity index (χ3n) is 4.53. The van der Waals surface area contributed by atoms with Gasteiger partial charge in [0.25, 0.3) is 11.8 Å². The van der Waals surface area contributed by atoms with Crippen LogP contribution in [0.25, 0.3) is 0 Å². The molecule has 27 heavy (non-hydrogen) atoms. The maximum absolute atomic E-state index is 12.7. The Kier molecular flexibility index (Phi) is 5.97. The van der Waals surface area contributed by atoms with Gasteiger partial charge in [-0.15, -0.1) is 0 Å². The number of nitrogens with one attached hydrogen (secondary N) is 2. The maximum atomic E-state index is 12.7. The van der Waals surface area contributed by atoms with Gasteiger partial charge in [-0.2, -0.15) is 0 Å². The van der Waals surface area contributed by atoms with E-state index in [4.69, 9.17) is 4.84 Å². The Bertz CT molecular complexity index is 782. The topological polar surface area (TPSA) is 100 Å². The fraction of sp³-hybridized carbons (Fsp3) is 0.368. The zero-order chi connectivity index (χ0) is 19.2. The van der Waals surface area contributed by atoms with E-state index >= 15 is 0 Å². The fourth-order valence-electron chi connectivity index (χ4n) is 3.04. The summed E-state index contributed by atoms with van der Waals surface area (Å²) in [6, 6.07) is 8.51. The molecule has 1 aromatic carbocycles. The molecule has 0 radical (unpaired) electrons. The molecule has 1 aliphatic carbocycles. The molecule has 0 atom stereocenters. The zero-order valence-corrected chi connectivity index (χ0v) is 15.1. The van der Waals surface area contributed by atoms with Crippen LogP contribution in [0.2, 0.25) is 0 Å². The molecule has 0 bridgehead atoms. The van der Waals surface area contributed by atoms with Crippen LogP contribution in [0, 0.1) is 0 Å². The Morgan fingerprint density at radius 2 is 1.93 bits per heavy atom. The molecule has 142 valence electrons. The molecule has 2 fully saturated rings. The number of carbonyl (C=O) groups is 3. The lowest BCUT2D eigenvalue weighted by Crippen LogP contribution is -2.40. The Balaban J connectivity index is 1.87. The van der Waals surface area contributed by atoms with Gasteiger partial charge in [-0.05, 0) is 25.0 Å². The molecule has 8 heteroatoms. The van der Waals surface area contributed by atoms with Gasteiger partial charge in [-0.3, -0.25) is 14.6 Å². The lowest BCUT2D eigenvalue weighted by atomic mass is 9.95. The molecule has 0 spiro atoms. The number of amides is 2. The molecule has 1 saturated carbocycles. The molecule has 0 unspecified atom stereocenters. The number of likely N-dealkylation sites (N-methyl/N-ethyl adjacent to an activating group) is 1. The summed E-state index contributed by atoms with van der Waals surface area (Å²) in [6.45, 7) is 0. The number of aliphatic imine (C=N–C) groups is 1. The third kappa shape index (κ3) is 4.79. The van der Waals surface area contributed by atoms with E-state index in [1.807, 2.05) is 0 Å². The Labute approximate surface area is 157 Å². The Morgan fingerprint density at radius 1 is 1.22 bits per heavy atom. The van der Waals surface area contributed by atoms with Crippen molar-refractivity contribution < 1.29 is 19.2 Å². The maximum Gasteiger partial charge on any atom is 0.376 e. The molecule has 3 rings (SSSR count). The van der Waals surface area contributed by atoms with Crippen LogP contribution in [-0.2, 0) is 14.4 Å². The van der Waals surface area contributed by atoms with Gasteiger partial charge in [-0.1, -0.05) is 43.1 Å². The predicted molar refractivity (Wildman–Crippen MR) is 98.3 cm³/mol. The number of hydrogen-bond donors (Lipinski definition) is 2. The van der Waals surface area contributed by atoms with E-state index in [0.29, 0.717) is 5.56 Å². The first-order valence-electron chi connectivity index (χ1n) is 8.96. The van der Waals surface area contributed by atoms with E-state index in [-0.39, 0.29) is 17.5 Å². The number of benzene rings is 1. The molecular weight excluding hydrogens is 348 g/mol. The SMILES string of the molecule is CN1NOC(=O)/C1=C\C(=NC(=O)c1ccccc1)C(=O)NC1CCCCC1. The molecule has 1 heterocycles. The summed E-state index contributed by atoms with van der Waals surface area (Å²) in [5.41, 5.74) is 2.70. The van der Waals surface area contributed by atoms with E-state index in [9.17, 15) is 14.4 Å². The van der Waals surface area contributed by atoms with Crippen molar-refractivity contribution in [2.45, 2.75) is 38.1 Å². The molecule has 1 aliphatic heterocycles. The Morgan fingerprint density at radius 3 is 2.56 bits per heavy atom. The van der Waals surface area contributed by atoms with Gasteiger partial charge in [0.1, 0.15) is 11.4 Å². The normalized spacial score (nSPS) is 19.9. The highest BCUT2D eigenvalue weighted by molar-refractivity contribution is 6.45. The number of rotatable bonds is 4. The minimum Gasteiger partial charge on any atom is -0.348 e. The second kappa shape index (κ2) is 8.59. The second-order valence-electron chi connectivity index (χ2n) is 6.55. The van der Waals surface area contributed by atoms with Crippen LogP contribution in [-0.4, -0.2) is 41.6 Å². The minimum absolute atomic E-state index is 0.0491. The van der Waals surface area contributed by atoms with Gasteiger partial charge in [-0.25, -0.2) is 9.79 Å². The number of hydrazine groups is 1. The number of carbonyl (C=O) groups excluding carboxylic acids is 3. The molecule has 2 aliphatic rings. The third-order valence-corrected chi connectivity index (χ3v) is 4.53. The highest BCUT2D eigenvalue weighted by Gasteiger charge is 2.27. The van der Waals surface area contributed by atoms with Gasteiger partial charge < -0.3 is 10.2 Å². The van der Waals surface area contributed by atoms with Gasteiger partial charge in [0.15, 0.2) is 0 Å². The lowest BCUT2D eigenvalue weighted by Gasteiger charge is -2.22. The molecule has 2 N–H and O–H groups in total. The summed E-state index contributed by atoms with van der Waals surface area (Å²) in [5, 5.41) is 4.24. The van der Waals surface area contributed by atoms with Crippen molar-refractivity contribution in [3.63, 3.8) is 0 Å². The summed E-state index contributed by atoms with van der Waals surface area (Å²) in [4.78, 5) is 45.7. The van der Waals surface area contributed by atoms with Crippen molar-refractivity contribution in [3.05, 3.63) is 47.7 Å². The zero-order valence-electron chi connectivity index (χ0n) is 15.1. The van der Waals surface area contributed by atoms with E-state index in [2.05, 4.69) is 15.9 Å². The minimum atomic E-state index is -0.650. The van der Waals surface area contributed by atoms with Crippen LogP contribution in [0.4, 0.5) is 0 Å². The largest absolute Gasteiger partial charge is 0.376 e. The van der Waals surface area contributed by atoms with E-state index in [1.54, 1.807) is 37.4 Å². The van der Waals surface area contributed by atoms with Gasteiger partial charge in [0, 0.05) is 24.7 Å². The highest BCUT2D eigenvalue weighted by Crippen LogP contribution is 2.17. The molecular formula is C19H22N4O4. The summed E-state index contributed by atoms with van der Waals surface area (Å²) in [5.74, 6) is -1.68. The summed E-state index contributed by atoms with van der Waals surface area (Å²) in [7, 11) is 1.56. The van der Waals surface area contributed by atoms with Crippen LogP contribution in [0.1, 0.15) is 42.5 Å². The van der Waals surface area contributed by atoms with Crippen molar-refractivity contribution in [2.75, 3.05) is 7.05 Å². The van der Waals surface area contributed by atoms with E-state index in [0.717, 1.165) is 32.1 Å². The van der Waals surface area contributed by atoms with Gasteiger partial charge in [0.05, 0.1) is 0 Å². The number of nitrogens with zero attached hydrogens (tertiary/aromatic N) is 2. The average Bonchev–Trinajstić information content (AvgIpc) is 3.00. The molecule has 8 nitrogen and oxygen atoms in total. The summed E-state index contributed by atoms with van der Waals surface area (Å²) >= 11 is 0. The van der Waals surface area contributed by atoms with Gasteiger partial charge in [0.2, 0.25) is 0 Å². The second-order valence-corrected chi connectivity index (χ2v) is 6.55. The van der Waals surface area contributed by atoms with Crippen molar-refractivity contribution >= 4 is 23.5 Å². The van der Waals surface area contributed by atoms with Crippen molar-refractivity contribution in [2.24, 2.45) is 4.99 Å². The van der Waals surface area contributed by atoms with E-state index < -0.39 is 17.8 Å². The molecule has 1 saturated heterocycles. The van der Waals surface area contributed by atoms with Crippen LogP contribution in [0.5, 0.6) is 0 Å². The summed E-state index contributed by atoms with van der Waals surface area (Å²) < 4.78 is 0. The monoisotopic (exact) mass is 370 g/mol. The smallest absolute Gasteiger partial charge is 0.348 e. The van der Waals surface area contributed by atoms with Crippen LogP contribution >= 0.6 is 0 Å². The first-order chi connectivity index (χ1) is 13.0. The highest BCUT2D eigenvalue weighted by atomic mass is 16.7. The van der Waals surface area contributed by atoms with Crippen molar-refractivity contribution in [1.82, 2.24) is 15.9 Å². The number of hydrogen-bond acceptors (Lipinski definition) is 6.